The van der Waals surface area contributed by atoms with Crippen molar-refractivity contribution in [2.45, 2.75) is 53.9 Å². The van der Waals surface area contributed by atoms with Gasteiger partial charge >= 0.3 is 0 Å². The average molecular weight is 326 g/mol. The second-order valence-electron chi connectivity index (χ2n) is 6.09. The molecule has 1 N–H and O–H groups in total. The van der Waals surface area contributed by atoms with E-state index in [4.69, 9.17) is 0 Å². The Balaban J connectivity index is 3.02. The number of amides is 1. The summed E-state index contributed by atoms with van der Waals surface area (Å²) >= 11 is 3.53. The molecule has 2 nitrogen and oxygen atoms in total. The van der Waals surface area contributed by atoms with Gasteiger partial charge in [-0.1, -0.05) is 50.5 Å². The van der Waals surface area contributed by atoms with Gasteiger partial charge in [0.05, 0.1) is 0 Å². The number of halogens is 1. The van der Waals surface area contributed by atoms with E-state index >= 15 is 0 Å². The SMILES string of the molecule is CCc1cc(Br)cc(CC)c1NC(=O)CC(C)(C)C. The summed E-state index contributed by atoms with van der Waals surface area (Å²) < 4.78 is 1.08. The Hall–Kier alpha value is -0.830. The van der Waals surface area contributed by atoms with Crippen molar-refractivity contribution in [2.75, 3.05) is 5.32 Å². The molecule has 1 amide bonds. The van der Waals surface area contributed by atoms with E-state index in [0.29, 0.717) is 6.42 Å². The summed E-state index contributed by atoms with van der Waals surface area (Å²) in [7, 11) is 0. The number of rotatable bonds is 4. The molecule has 0 aliphatic rings. The van der Waals surface area contributed by atoms with Gasteiger partial charge in [-0.2, -0.15) is 0 Å². The quantitative estimate of drug-likeness (QED) is 0.833. The predicted octanol–water partition coefficient (Wildman–Crippen LogP) is 4.95. The van der Waals surface area contributed by atoms with Gasteiger partial charge in [-0.3, -0.25) is 4.79 Å². The zero-order valence-electron chi connectivity index (χ0n) is 12.6. The van der Waals surface area contributed by atoms with E-state index in [1.165, 1.54) is 11.1 Å². The summed E-state index contributed by atoms with van der Waals surface area (Å²) in [4.78, 5) is 12.1. The second-order valence-corrected chi connectivity index (χ2v) is 7.01. The summed E-state index contributed by atoms with van der Waals surface area (Å²) in [6, 6.07) is 4.18. The second kappa shape index (κ2) is 6.56. The molecule has 19 heavy (non-hydrogen) atoms. The fourth-order valence-corrected chi connectivity index (χ4v) is 2.66. The minimum Gasteiger partial charge on any atom is -0.326 e. The third-order valence-electron chi connectivity index (χ3n) is 2.98. The van der Waals surface area contributed by atoms with Crippen LogP contribution >= 0.6 is 15.9 Å². The van der Waals surface area contributed by atoms with E-state index in [1.54, 1.807) is 0 Å². The van der Waals surface area contributed by atoms with Gasteiger partial charge in [0.1, 0.15) is 0 Å². The van der Waals surface area contributed by atoms with Gasteiger partial charge in [0.15, 0.2) is 0 Å². The van der Waals surface area contributed by atoms with Crippen molar-refractivity contribution in [2.24, 2.45) is 5.41 Å². The third kappa shape index (κ3) is 4.98. The molecular weight excluding hydrogens is 302 g/mol. The van der Waals surface area contributed by atoms with E-state index in [1.807, 2.05) is 0 Å². The van der Waals surface area contributed by atoms with Gasteiger partial charge in [0.2, 0.25) is 5.91 Å². The molecule has 0 aromatic heterocycles. The average Bonchev–Trinajstić information content (AvgIpc) is 2.28. The number of carbonyl (C=O) groups excluding carboxylic acids is 1. The maximum atomic E-state index is 12.1. The molecule has 0 spiro atoms. The molecule has 3 heteroatoms. The Bertz CT molecular complexity index is 435. The van der Waals surface area contributed by atoms with E-state index in [0.717, 1.165) is 23.0 Å². The maximum absolute atomic E-state index is 12.1. The van der Waals surface area contributed by atoms with E-state index in [2.05, 4.69) is 68.0 Å². The molecule has 1 rings (SSSR count). The van der Waals surface area contributed by atoms with Crippen molar-refractivity contribution in [1.29, 1.82) is 0 Å². The van der Waals surface area contributed by atoms with Crippen LogP contribution in [0.5, 0.6) is 0 Å². The fraction of sp³-hybridized carbons (Fsp3) is 0.562. The molecule has 0 fully saturated rings. The minimum absolute atomic E-state index is 0.0121. The summed E-state index contributed by atoms with van der Waals surface area (Å²) in [5.41, 5.74) is 3.39. The number of nitrogens with one attached hydrogen (secondary N) is 1. The maximum Gasteiger partial charge on any atom is 0.224 e. The molecule has 106 valence electrons. The van der Waals surface area contributed by atoms with E-state index in [-0.39, 0.29) is 11.3 Å². The molecule has 0 atom stereocenters. The number of hydrogen-bond acceptors (Lipinski definition) is 1. The molecule has 1 aromatic rings. The molecule has 0 saturated heterocycles. The molecule has 0 bridgehead atoms. The lowest BCUT2D eigenvalue weighted by molar-refractivity contribution is -0.117. The van der Waals surface area contributed by atoms with Crippen molar-refractivity contribution in [3.8, 4) is 0 Å². The Labute approximate surface area is 125 Å². The lowest BCUT2D eigenvalue weighted by Crippen LogP contribution is -2.21. The first-order valence-electron chi connectivity index (χ1n) is 6.88. The van der Waals surface area contributed by atoms with Crippen molar-refractivity contribution < 1.29 is 4.79 Å². The van der Waals surface area contributed by atoms with Crippen molar-refractivity contribution in [3.63, 3.8) is 0 Å². The summed E-state index contributed by atoms with van der Waals surface area (Å²) in [6.07, 6.45) is 2.37. The molecule has 0 radical (unpaired) electrons. The van der Waals surface area contributed by atoms with Gasteiger partial charge in [-0.25, -0.2) is 0 Å². The Morgan fingerprint density at radius 1 is 1.16 bits per heavy atom. The van der Waals surface area contributed by atoms with Crippen LogP contribution in [0, 0.1) is 5.41 Å². The van der Waals surface area contributed by atoms with Gasteiger partial charge in [0.25, 0.3) is 0 Å². The highest BCUT2D eigenvalue weighted by atomic mass is 79.9. The van der Waals surface area contributed by atoms with Crippen molar-refractivity contribution in [1.82, 2.24) is 0 Å². The standard InChI is InChI=1S/C16H24BrNO/c1-6-11-8-13(17)9-12(7-2)15(11)18-14(19)10-16(3,4)5/h8-9H,6-7,10H2,1-5H3,(H,18,19). The summed E-state index contributed by atoms with van der Waals surface area (Å²) in [5, 5.41) is 3.10. The Morgan fingerprint density at radius 2 is 1.63 bits per heavy atom. The predicted molar refractivity (Wildman–Crippen MR) is 85.6 cm³/mol. The Morgan fingerprint density at radius 3 is 2.00 bits per heavy atom. The summed E-state index contributed by atoms with van der Waals surface area (Å²) in [5.74, 6) is 0.0965. The lowest BCUT2D eigenvalue weighted by Gasteiger charge is -2.20. The molecule has 0 unspecified atom stereocenters. The van der Waals surface area contributed by atoms with Crippen LogP contribution in [0.1, 0.15) is 52.2 Å². The first-order chi connectivity index (χ1) is 8.76. The van der Waals surface area contributed by atoms with Crippen LogP contribution < -0.4 is 5.32 Å². The minimum atomic E-state index is 0.0121. The summed E-state index contributed by atoms with van der Waals surface area (Å²) in [6.45, 7) is 10.5. The van der Waals surface area contributed by atoms with Crippen LogP contribution in [0.15, 0.2) is 16.6 Å². The van der Waals surface area contributed by atoms with Crippen molar-refractivity contribution in [3.05, 3.63) is 27.7 Å². The van der Waals surface area contributed by atoms with Gasteiger partial charge in [-0.05, 0) is 41.5 Å². The molecule has 1 aromatic carbocycles. The molecule has 0 aliphatic heterocycles. The van der Waals surface area contributed by atoms with Crippen LogP contribution in [-0.4, -0.2) is 5.91 Å². The monoisotopic (exact) mass is 325 g/mol. The van der Waals surface area contributed by atoms with E-state index < -0.39 is 0 Å². The highest BCUT2D eigenvalue weighted by Gasteiger charge is 2.18. The van der Waals surface area contributed by atoms with Gasteiger partial charge in [-0.15, -0.1) is 0 Å². The number of anilines is 1. The first kappa shape index (κ1) is 16.2. The van der Waals surface area contributed by atoms with Crippen LogP contribution in [0.25, 0.3) is 0 Å². The van der Waals surface area contributed by atoms with Gasteiger partial charge in [0, 0.05) is 16.6 Å². The van der Waals surface area contributed by atoms with Gasteiger partial charge < -0.3 is 5.32 Å². The molecular formula is C16H24BrNO. The first-order valence-corrected chi connectivity index (χ1v) is 7.67. The Kier molecular flexibility index (Phi) is 5.60. The lowest BCUT2D eigenvalue weighted by atomic mass is 9.91. The van der Waals surface area contributed by atoms with Crippen molar-refractivity contribution >= 4 is 27.5 Å². The topological polar surface area (TPSA) is 29.1 Å². The number of hydrogen-bond donors (Lipinski definition) is 1. The van der Waals surface area contributed by atoms with Crippen LogP contribution in [-0.2, 0) is 17.6 Å². The highest BCUT2D eigenvalue weighted by Crippen LogP contribution is 2.28. The highest BCUT2D eigenvalue weighted by molar-refractivity contribution is 9.10. The molecule has 0 aliphatic carbocycles. The van der Waals surface area contributed by atoms with Crippen LogP contribution in [0.4, 0.5) is 5.69 Å². The third-order valence-corrected chi connectivity index (χ3v) is 3.44. The number of benzene rings is 1. The number of carbonyl (C=O) groups is 1. The zero-order chi connectivity index (χ0) is 14.6. The molecule has 0 heterocycles. The largest absolute Gasteiger partial charge is 0.326 e. The zero-order valence-corrected chi connectivity index (χ0v) is 14.1. The normalized spacial score (nSPS) is 11.5. The van der Waals surface area contributed by atoms with E-state index in [9.17, 15) is 4.79 Å². The van der Waals surface area contributed by atoms with Crippen LogP contribution in [0.3, 0.4) is 0 Å². The fourth-order valence-electron chi connectivity index (χ4n) is 2.11. The van der Waals surface area contributed by atoms with Crippen LogP contribution in [0.2, 0.25) is 0 Å². The molecule has 0 saturated carbocycles. The number of aryl methyl sites for hydroxylation is 2. The smallest absolute Gasteiger partial charge is 0.224 e.